The number of piperazine rings is 1. The molecule has 1 N–H and O–H groups in total. The molecule has 0 bridgehead atoms. The standard InChI is InChI=1S/C11H18N2O4/c1-12-9(11(15)16)6-13(7-10(12)14)5-8-3-2-4-17-8/h8-9H,2-7H2,1H3,(H,15,16). The highest BCUT2D eigenvalue weighted by Gasteiger charge is 2.35. The molecule has 2 aliphatic rings. The number of ether oxygens (including phenoxy) is 1. The SMILES string of the molecule is CN1C(=O)CN(CC2CCCO2)CC1C(=O)O. The monoisotopic (exact) mass is 242 g/mol. The van der Waals surface area contributed by atoms with Gasteiger partial charge in [-0.2, -0.15) is 0 Å². The van der Waals surface area contributed by atoms with Crippen molar-refractivity contribution in [1.82, 2.24) is 9.80 Å². The second kappa shape index (κ2) is 5.01. The van der Waals surface area contributed by atoms with E-state index in [9.17, 15) is 9.59 Å². The van der Waals surface area contributed by atoms with Crippen LogP contribution in [0, 0.1) is 0 Å². The first-order chi connectivity index (χ1) is 8.08. The molecule has 0 spiro atoms. The molecule has 1 amide bonds. The maximum atomic E-state index is 11.7. The Labute approximate surface area is 100 Å². The lowest BCUT2D eigenvalue weighted by molar-refractivity contribution is -0.154. The molecule has 0 aromatic heterocycles. The number of hydrogen-bond acceptors (Lipinski definition) is 4. The van der Waals surface area contributed by atoms with Crippen molar-refractivity contribution < 1.29 is 19.4 Å². The molecule has 17 heavy (non-hydrogen) atoms. The number of hydrogen-bond donors (Lipinski definition) is 1. The fraction of sp³-hybridized carbons (Fsp3) is 0.818. The van der Waals surface area contributed by atoms with Gasteiger partial charge in [0.25, 0.3) is 0 Å². The van der Waals surface area contributed by atoms with Gasteiger partial charge in [-0.3, -0.25) is 9.69 Å². The molecule has 0 aromatic carbocycles. The minimum atomic E-state index is -0.946. The van der Waals surface area contributed by atoms with Gasteiger partial charge in [0.2, 0.25) is 5.91 Å². The van der Waals surface area contributed by atoms with E-state index in [2.05, 4.69) is 0 Å². The van der Waals surface area contributed by atoms with Crippen molar-refractivity contribution in [3.8, 4) is 0 Å². The molecular formula is C11H18N2O4. The summed E-state index contributed by atoms with van der Waals surface area (Å²) >= 11 is 0. The third-order valence-electron chi connectivity index (χ3n) is 3.42. The van der Waals surface area contributed by atoms with E-state index in [1.54, 1.807) is 7.05 Å². The van der Waals surface area contributed by atoms with Crippen LogP contribution in [-0.2, 0) is 14.3 Å². The lowest BCUT2D eigenvalue weighted by Gasteiger charge is -2.37. The molecule has 2 rings (SSSR count). The topological polar surface area (TPSA) is 70.1 Å². The Bertz CT molecular complexity index is 315. The molecule has 6 heteroatoms. The number of carboxylic acid groups (broad SMARTS) is 1. The second-order valence-corrected chi connectivity index (χ2v) is 4.69. The molecule has 2 atom stereocenters. The van der Waals surface area contributed by atoms with Gasteiger partial charge in [-0.15, -0.1) is 0 Å². The molecule has 0 saturated carbocycles. The fourth-order valence-corrected chi connectivity index (χ4v) is 2.37. The average molecular weight is 242 g/mol. The van der Waals surface area contributed by atoms with Gasteiger partial charge in [0.15, 0.2) is 0 Å². The molecule has 0 aliphatic carbocycles. The number of carboxylic acids is 1. The summed E-state index contributed by atoms with van der Waals surface area (Å²) in [4.78, 5) is 25.9. The number of rotatable bonds is 3. The molecule has 2 fully saturated rings. The first kappa shape index (κ1) is 12.3. The van der Waals surface area contributed by atoms with Gasteiger partial charge in [-0.25, -0.2) is 4.79 Å². The Hall–Kier alpha value is -1.14. The lowest BCUT2D eigenvalue weighted by Crippen LogP contribution is -2.58. The number of likely N-dealkylation sites (N-methyl/N-ethyl adjacent to an activating group) is 1. The Morgan fingerprint density at radius 3 is 2.94 bits per heavy atom. The summed E-state index contributed by atoms with van der Waals surface area (Å²) in [6, 6.07) is -0.738. The number of carbonyl (C=O) groups excluding carboxylic acids is 1. The largest absolute Gasteiger partial charge is 0.480 e. The number of amides is 1. The zero-order valence-corrected chi connectivity index (χ0v) is 9.96. The molecular weight excluding hydrogens is 224 g/mol. The van der Waals surface area contributed by atoms with E-state index >= 15 is 0 Å². The van der Waals surface area contributed by atoms with Gasteiger partial charge in [0.1, 0.15) is 6.04 Å². The normalized spacial score (nSPS) is 30.9. The highest BCUT2D eigenvalue weighted by atomic mass is 16.5. The van der Waals surface area contributed by atoms with Crippen LogP contribution in [0.5, 0.6) is 0 Å². The Morgan fingerprint density at radius 2 is 2.35 bits per heavy atom. The van der Waals surface area contributed by atoms with Crippen LogP contribution in [0.3, 0.4) is 0 Å². The summed E-state index contributed by atoms with van der Waals surface area (Å²) in [6.07, 6.45) is 2.20. The molecule has 96 valence electrons. The van der Waals surface area contributed by atoms with Crippen molar-refractivity contribution in [1.29, 1.82) is 0 Å². The second-order valence-electron chi connectivity index (χ2n) is 4.69. The van der Waals surface area contributed by atoms with Gasteiger partial charge in [0, 0.05) is 26.7 Å². The Kier molecular flexibility index (Phi) is 3.63. The number of nitrogens with zero attached hydrogens (tertiary/aromatic N) is 2. The van der Waals surface area contributed by atoms with Crippen LogP contribution in [0.4, 0.5) is 0 Å². The van der Waals surface area contributed by atoms with Crippen LogP contribution in [-0.4, -0.2) is 72.2 Å². The van der Waals surface area contributed by atoms with Crippen molar-refractivity contribution in [3.63, 3.8) is 0 Å². The summed E-state index contributed by atoms with van der Waals surface area (Å²) in [7, 11) is 1.55. The molecule has 6 nitrogen and oxygen atoms in total. The highest BCUT2D eigenvalue weighted by molar-refractivity contribution is 5.86. The zero-order valence-electron chi connectivity index (χ0n) is 9.96. The molecule has 2 saturated heterocycles. The smallest absolute Gasteiger partial charge is 0.327 e. The van der Waals surface area contributed by atoms with E-state index in [0.717, 1.165) is 19.4 Å². The van der Waals surface area contributed by atoms with Crippen LogP contribution in [0.2, 0.25) is 0 Å². The average Bonchev–Trinajstić information content (AvgIpc) is 2.75. The van der Waals surface area contributed by atoms with Crippen molar-refractivity contribution >= 4 is 11.9 Å². The molecule has 0 radical (unpaired) electrons. The maximum Gasteiger partial charge on any atom is 0.327 e. The Morgan fingerprint density at radius 1 is 1.59 bits per heavy atom. The maximum absolute atomic E-state index is 11.7. The third-order valence-corrected chi connectivity index (χ3v) is 3.42. The molecule has 2 unspecified atom stereocenters. The highest BCUT2D eigenvalue weighted by Crippen LogP contribution is 2.16. The quantitative estimate of drug-likeness (QED) is 0.715. The predicted molar refractivity (Wildman–Crippen MR) is 59.6 cm³/mol. The van der Waals surface area contributed by atoms with Crippen molar-refractivity contribution in [2.45, 2.75) is 25.0 Å². The summed E-state index contributed by atoms with van der Waals surface area (Å²) in [5, 5.41) is 9.05. The van der Waals surface area contributed by atoms with E-state index in [1.807, 2.05) is 4.90 Å². The number of aliphatic carboxylic acids is 1. The first-order valence-electron chi connectivity index (χ1n) is 5.90. The van der Waals surface area contributed by atoms with Crippen LogP contribution in [0.1, 0.15) is 12.8 Å². The summed E-state index contributed by atoms with van der Waals surface area (Å²) < 4.78 is 5.50. The van der Waals surface area contributed by atoms with Crippen LogP contribution >= 0.6 is 0 Å². The third kappa shape index (κ3) is 2.76. The van der Waals surface area contributed by atoms with Gasteiger partial charge < -0.3 is 14.7 Å². The summed E-state index contributed by atoms with van der Waals surface area (Å²) in [6.45, 7) is 2.11. The summed E-state index contributed by atoms with van der Waals surface area (Å²) in [5.41, 5.74) is 0. The molecule has 2 aliphatic heterocycles. The van der Waals surface area contributed by atoms with E-state index in [4.69, 9.17) is 9.84 Å². The van der Waals surface area contributed by atoms with E-state index in [-0.39, 0.29) is 12.0 Å². The van der Waals surface area contributed by atoms with Crippen LogP contribution < -0.4 is 0 Å². The van der Waals surface area contributed by atoms with Gasteiger partial charge in [-0.1, -0.05) is 0 Å². The number of carbonyl (C=O) groups is 2. The predicted octanol–water partition coefficient (Wildman–Crippen LogP) is -0.607. The van der Waals surface area contributed by atoms with Crippen LogP contribution in [0.25, 0.3) is 0 Å². The van der Waals surface area contributed by atoms with E-state index in [0.29, 0.717) is 19.6 Å². The lowest BCUT2D eigenvalue weighted by atomic mass is 10.1. The minimum Gasteiger partial charge on any atom is -0.480 e. The van der Waals surface area contributed by atoms with Crippen molar-refractivity contribution in [2.75, 3.05) is 33.3 Å². The zero-order chi connectivity index (χ0) is 12.4. The Balaban J connectivity index is 1.95. The molecule has 2 heterocycles. The van der Waals surface area contributed by atoms with Crippen molar-refractivity contribution in [2.24, 2.45) is 0 Å². The van der Waals surface area contributed by atoms with E-state index < -0.39 is 12.0 Å². The van der Waals surface area contributed by atoms with Crippen LogP contribution in [0.15, 0.2) is 0 Å². The van der Waals surface area contributed by atoms with Crippen molar-refractivity contribution in [3.05, 3.63) is 0 Å². The van der Waals surface area contributed by atoms with Gasteiger partial charge in [-0.05, 0) is 12.8 Å². The molecule has 0 aromatic rings. The summed E-state index contributed by atoms with van der Waals surface area (Å²) in [5.74, 6) is -1.08. The van der Waals surface area contributed by atoms with Gasteiger partial charge >= 0.3 is 5.97 Å². The minimum absolute atomic E-state index is 0.137. The fourth-order valence-electron chi connectivity index (χ4n) is 2.37. The van der Waals surface area contributed by atoms with Gasteiger partial charge in [0.05, 0.1) is 12.6 Å². The first-order valence-corrected chi connectivity index (χ1v) is 5.90. The van der Waals surface area contributed by atoms with E-state index in [1.165, 1.54) is 4.90 Å².